The summed E-state index contributed by atoms with van der Waals surface area (Å²) in [5, 5.41) is 4.25. The van der Waals surface area contributed by atoms with E-state index < -0.39 is 5.97 Å². The molecule has 3 rings (SSSR count). The number of fused-ring (bicyclic) bond motifs is 1. The highest BCUT2D eigenvalue weighted by molar-refractivity contribution is 9.10. The van der Waals surface area contributed by atoms with E-state index in [9.17, 15) is 4.79 Å². The van der Waals surface area contributed by atoms with Crippen LogP contribution in [0.25, 0.3) is 17.2 Å². The monoisotopic (exact) mass is 336 g/mol. The lowest BCUT2D eigenvalue weighted by Gasteiger charge is -1.98. The number of furan rings is 1. The van der Waals surface area contributed by atoms with Gasteiger partial charge in [0.15, 0.2) is 16.3 Å². The molecule has 0 aromatic carbocycles. The molecule has 102 valence electrons. The summed E-state index contributed by atoms with van der Waals surface area (Å²) in [6.45, 7) is 0. The molecule has 0 amide bonds. The first kappa shape index (κ1) is 12.8. The fourth-order valence-electron chi connectivity index (χ4n) is 1.75. The standard InChI is InChI=1S/C12H9BrN4O3/c1-19-11(18)6-10-15-12-14-5-4-7(17(12)16-10)8-2-3-9(13)20-8/h2-5H,6H2,1H3. The molecule has 8 heteroatoms. The van der Waals surface area contributed by atoms with Crippen molar-refractivity contribution >= 4 is 27.7 Å². The van der Waals surface area contributed by atoms with Gasteiger partial charge in [0.2, 0.25) is 0 Å². The normalized spacial score (nSPS) is 10.9. The van der Waals surface area contributed by atoms with Gasteiger partial charge in [0, 0.05) is 6.20 Å². The minimum atomic E-state index is -0.400. The molecule has 0 bridgehead atoms. The van der Waals surface area contributed by atoms with Gasteiger partial charge in [0.1, 0.15) is 12.1 Å². The lowest BCUT2D eigenvalue weighted by Crippen LogP contribution is -2.06. The zero-order valence-corrected chi connectivity index (χ0v) is 12.0. The average molecular weight is 337 g/mol. The van der Waals surface area contributed by atoms with Crippen molar-refractivity contribution in [3.8, 4) is 11.5 Å². The molecular formula is C12H9BrN4O3. The van der Waals surface area contributed by atoms with Crippen LogP contribution in [0.1, 0.15) is 5.82 Å². The van der Waals surface area contributed by atoms with E-state index in [1.165, 1.54) is 11.6 Å². The number of esters is 1. The summed E-state index contributed by atoms with van der Waals surface area (Å²) < 4.78 is 12.2. The predicted molar refractivity (Wildman–Crippen MR) is 71.9 cm³/mol. The minimum Gasteiger partial charge on any atom is -0.469 e. The van der Waals surface area contributed by atoms with Crippen molar-refractivity contribution in [2.45, 2.75) is 6.42 Å². The predicted octanol–water partition coefficient (Wildman–Crippen LogP) is 1.86. The van der Waals surface area contributed by atoms with Gasteiger partial charge in [-0.25, -0.2) is 4.98 Å². The van der Waals surface area contributed by atoms with E-state index in [0.29, 0.717) is 27.7 Å². The van der Waals surface area contributed by atoms with Gasteiger partial charge in [-0.3, -0.25) is 4.79 Å². The fourth-order valence-corrected chi connectivity index (χ4v) is 2.06. The molecule has 0 fully saturated rings. The van der Waals surface area contributed by atoms with Gasteiger partial charge in [0.05, 0.1) is 7.11 Å². The van der Waals surface area contributed by atoms with Crippen molar-refractivity contribution in [1.29, 1.82) is 0 Å². The lowest BCUT2D eigenvalue weighted by molar-refractivity contribution is -0.139. The molecule has 0 atom stereocenters. The van der Waals surface area contributed by atoms with Crippen LogP contribution >= 0.6 is 15.9 Å². The smallest absolute Gasteiger partial charge is 0.313 e. The van der Waals surface area contributed by atoms with E-state index in [-0.39, 0.29) is 6.42 Å². The van der Waals surface area contributed by atoms with Crippen LogP contribution in [0.5, 0.6) is 0 Å². The van der Waals surface area contributed by atoms with Gasteiger partial charge in [-0.15, -0.1) is 5.10 Å². The van der Waals surface area contributed by atoms with E-state index >= 15 is 0 Å². The second-order valence-electron chi connectivity index (χ2n) is 3.93. The van der Waals surface area contributed by atoms with Crippen molar-refractivity contribution in [1.82, 2.24) is 19.6 Å². The minimum absolute atomic E-state index is 0.00114. The molecule has 0 unspecified atom stereocenters. The van der Waals surface area contributed by atoms with Crippen LogP contribution in [0.15, 0.2) is 33.5 Å². The molecule has 0 aliphatic rings. The topological polar surface area (TPSA) is 82.5 Å². The van der Waals surface area contributed by atoms with Crippen LogP contribution in [0.4, 0.5) is 0 Å². The largest absolute Gasteiger partial charge is 0.469 e. The van der Waals surface area contributed by atoms with Gasteiger partial charge < -0.3 is 9.15 Å². The van der Waals surface area contributed by atoms with Crippen LogP contribution in [0, 0.1) is 0 Å². The summed E-state index contributed by atoms with van der Waals surface area (Å²) in [5.74, 6) is 0.971. The second kappa shape index (κ2) is 5.04. The van der Waals surface area contributed by atoms with E-state index in [0.717, 1.165) is 0 Å². The summed E-state index contributed by atoms with van der Waals surface area (Å²) in [4.78, 5) is 19.6. The Balaban J connectivity index is 2.07. The van der Waals surface area contributed by atoms with Gasteiger partial charge in [-0.1, -0.05) is 0 Å². The van der Waals surface area contributed by atoms with Crippen LogP contribution < -0.4 is 0 Å². The zero-order valence-electron chi connectivity index (χ0n) is 10.4. The molecule has 3 aromatic rings. The van der Waals surface area contributed by atoms with Crippen LogP contribution in [0.2, 0.25) is 0 Å². The third-order valence-corrected chi connectivity index (χ3v) is 3.07. The number of methoxy groups -OCH3 is 1. The Kier molecular flexibility index (Phi) is 3.23. The van der Waals surface area contributed by atoms with E-state index in [1.54, 1.807) is 24.4 Å². The van der Waals surface area contributed by atoms with E-state index in [2.05, 4.69) is 35.7 Å². The summed E-state index contributed by atoms with van der Waals surface area (Å²) in [5.41, 5.74) is 0.698. The average Bonchev–Trinajstić information content (AvgIpc) is 3.03. The molecule has 0 radical (unpaired) electrons. The molecule has 3 heterocycles. The maximum atomic E-state index is 11.3. The van der Waals surface area contributed by atoms with Crippen molar-refractivity contribution in [3.63, 3.8) is 0 Å². The number of ether oxygens (including phenoxy) is 1. The maximum Gasteiger partial charge on any atom is 0.313 e. The first-order valence-corrected chi connectivity index (χ1v) is 6.50. The highest BCUT2D eigenvalue weighted by Gasteiger charge is 2.14. The highest BCUT2D eigenvalue weighted by atomic mass is 79.9. The van der Waals surface area contributed by atoms with Gasteiger partial charge in [-0.05, 0) is 34.1 Å². The zero-order chi connectivity index (χ0) is 14.1. The van der Waals surface area contributed by atoms with Crippen molar-refractivity contribution in [2.24, 2.45) is 0 Å². The number of hydrogen-bond donors (Lipinski definition) is 0. The van der Waals surface area contributed by atoms with Crippen molar-refractivity contribution < 1.29 is 13.9 Å². The van der Waals surface area contributed by atoms with Crippen molar-refractivity contribution in [2.75, 3.05) is 7.11 Å². The molecule has 0 aliphatic heterocycles. The number of rotatable bonds is 3. The third-order valence-electron chi connectivity index (χ3n) is 2.64. The summed E-state index contributed by atoms with van der Waals surface area (Å²) in [7, 11) is 1.32. The highest BCUT2D eigenvalue weighted by Crippen LogP contribution is 2.24. The Morgan fingerprint density at radius 1 is 1.45 bits per heavy atom. The van der Waals surface area contributed by atoms with Gasteiger partial charge >= 0.3 is 5.97 Å². The molecule has 0 N–H and O–H groups in total. The first-order chi connectivity index (χ1) is 9.67. The molecule has 3 aromatic heterocycles. The number of nitrogens with zero attached hydrogens (tertiary/aromatic N) is 4. The van der Waals surface area contributed by atoms with Crippen LogP contribution in [-0.4, -0.2) is 32.7 Å². The van der Waals surface area contributed by atoms with Crippen LogP contribution in [0.3, 0.4) is 0 Å². The summed E-state index contributed by atoms with van der Waals surface area (Å²) in [6.07, 6.45) is 1.61. The Bertz CT molecular complexity index is 780. The summed E-state index contributed by atoms with van der Waals surface area (Å²) in [6, 6.07) is 5.35. The first-order valence-electron chi connectivity index (χ1n) is 5.70. The lowest BCUT2D eigenvalue weighted by atomic mass is 10.3. The second-order valence-corrected chi connectivity index (χ2v) is 4.71. The molecule has 0 spiro atoms. The number of halogens is 1. The van der Waals surface area contributed by atoms with Gasteiger partial charge in [-0.2, -0.15) is 9.50 Å². The number of aromatic nitrogens is 4. The molecule has 7 nitrogen and oxygen atoms in total. The number of carbonyl (C=O) groups is 1. The van der Waals surface area contributed by atoms with E-state index in [1.807, 2.05) is 0 Å². The summed E-state index contributed by atoms with van der Waals surface area (Å²) >= 11 is 3.25. The SMILES string of the molecule is COC(=O)Cc1nc2nccc(-c3ccc(Br)o3)n2n1. The Morgan fingerprint density at radius 3 is 3.00 bits per heavy atom. The van der Waals surface area contributed by atoms with Crippen LogP contribution in [-0.2, 0) is 16.0 Å². The molecular weight excluding hydrogens is 328 g/mol. The fraction of sp³-hybridized carbons (Fsp3) is 0.167. The van der Waals surface area contributed by atoms with Gasteiger partial charge in [0.25, 0.3) is 5.78 Å². The molecule has 0 saturated heterocycles. The Labute approximate surface area is 121 Å². The quantitative estimate of drug-likeness (QED) is 0.679. The van der Waals surface area contributed by atoms with Crippen molar-refractivity contribution in [3.05, 3.63) is 34.9 Å². The number of hydrogen-bond acceptors (Lipinski definition) is 6. The third kappa shape index (κ3) is 2.29. The molecule has 0 aliphatic carbocycles. The maximum absolute atomic E-state index is 11.3. The molecule has 0 saturated carbocycles. The Hall–Kier alpha value is -2.22. The number of carbonyl (C=O) groups excluding carboxylic acids is 1. The Morgan fingerprint density at radius 2 is 2.30 bits per heavy atom. The van der Waals surface area contributed by atoms with E-state index in [4.69, 9.17) is 4.42 Å². The molecule has 20 heavy (non-hydrogen) atoms.